The molecule has 0 fully saturated rings. The predicted molar refractivity (Wildman–Crippen MR) is 53.6 cm³/mol. The molecule has 0 radical (unpaired) electrons. The highest BCUT2D eigenvalue weighted by Gasteiger charge is 2.23. The minimum absolute atomic E-state index is 0.199. The summed E-state index contributed by atoms with van der Waals surface area (Å²) < 4.78 is 15.5. The lowest BCUT2D eigenvalue weighted by Gasteiger charge is -2.10. The number of aliphatic hydroxyl groups is 1. The standard InChI is InChI=1S/C9H11O5P/c10-6-7-15(12,13)14-9(11)8-4-2-1-3-5-8/h1-5,10H,6-7H2,(H,12,13). The van der Waals surface area contributed by atoms with Gasteiger partial charge < -0.3 is 14.5 Å². The van der Waals surface area contributed by atoms with Gasteiger partial charge in [0.1, 0.15) is 0 Å². The maximum absolute atomic E-state index is 11.3. The van der Waals surface area contributed by atoms with Crippen molar-refractivity contribution < 1.29 is 23.9 Å². The van der Waals surface area contributed by atoms with Crippen LogP contribution in [0.1, 0.15) is 10.4 Å². The van der Waals surface area contributed by atoms with Crippen molar-refractivity contribution in [2.24, 2.45) is 0 Å². The summed E-state index contributed by atoms with van der Waals surface area (Å²) in [7, 11) is -4.01. The van der Waals surface area contributed by atoms with Crippen molar-refractivity contribution in [1.82, 2.24) is 0 Å². The van der Waals surface area contributed by atoms with Gasteiger partial charge in [0.15, 0.2) is 0 Å². The fraction of sp³-hybridized carbons (Fsp3) is 0.222. The molecule has 15 heavy (non-hydrogen) atoms. The van der Waals surface area contributed by atoms with Crippen LogP contribution in [0.2, 0.25) is 0 Å². The highest BCUT2D eigenvalue weighted by atomic mass is 31.2. The summed E-state index contributed by atoms with van der Waals surface area (Å²) in [6.07, 6.45) is -0.453. The summed E-state index contributed by atoms with van der Waals surface area (Å²) >= 11 is 0. The van der Waals surface area contributed by atoms with Crippen LogP contribution in [-0.4, -0.2) is 28.7 Å². The Morgan fingerprint density at radius 1 is 1.33 bits per heavy atom. The SMILES string of the molecule is O=C(OP(=O)(O)CCO)c1ccccc1. The van der Waals surface area contributed by atoms with Gasteiger partial charge in [0.2, 0.25) is 0 Å². The van der Waals surface area contributed by atoms with Crippen molar-refractivity contribution in [1.29, 1.82) is 0 Å². The zero-order chi connectivity index (χ0) is 11.3. The minimum atomic E-state index is -4.01. The number of aliphatic hydroxyl groups excluding tert-OH is 1. The van der Waals surface area contributed by atoms with Crippen molar-refractivity contribution in [2.75, 3.05) is 12.8 Å². The summed E-state index contributed by atoms with van der Waals surface area (Å²) in [6, 6.07) is 7.89. The molecule has 2 N–H and O–H groups in total. The van der Waals surface area contributed by atoms with Crippen LogP contribution in [0.5, 0.6) is 0 Å². The molecule has 0 aliphatic rings. The van der Waals surface area contributed by atoms with Crippen LogP contribution in [0, 0.1) is 0 Å². The molecule has 1 rings (SSSR count). The zero-order valence-electron chi connectivity index (χ0n) is 7.87. The van der Waals surface area contributed by atoms with E-state index in [-0.39, 0.29) is 5.56 Å². The van der Waals surface area contributed by atoms with Gasteiger partial charge >= 0.3 is 13.6 Å². The van der Waals surface area contributed by atoms with E-state index in [4.69, 9.17) is 10.00 Å². The molecule has 0 aliphatic heterocycles. The van der Waals surface area contributed by atoms with Crippen LogP contribution in [0.25, 0.3) is 0 Å². The topological polar surface area (TPSA) is 83.8 Å². The molecule has 82 valence electrons. The van der Waals surface area contributed by atoms with E-state index >= 15 is 0 Å². The number of carbonyl (C=O) groups excluding carboxylic acids is 1. The highest BCUT2D eigenvalue weighted by molar-refractivity contribution is 7.53. The molecule has 0 aromatic heterocycles. The smallest absolute Gasteiger partial charge is 0.381 e. The molecular formula is C9H11O5P. The van der Waals surface area contributed by atoms with Gasteiger partial charge in [0.25, 0.3) is 0 Å². The van der Waals surface area contributed by atoms with Crippen LogP contribution in [0.15, 0.2) is 30.3 Å². The molecule has 6 heteroatoms. The third-order valence-corrected chi connectivity index (χ3v) is 2.83. The zero-order valence-corrected chi connectivity index (χ0v) is 8.76. The van der Waals surface area contributed by atoms with Gasteiger partial charge in [-0.15, -0.1) is 0 Å². The van der Waals surface area contributed by atoms with E-state index in [1.54, 1.807) is 18.2 Å². The minimum Gasteiger partial charge on any atom is -0.396 e. The Hall–Kier alpha value is -1.16. The molecule has 0 amide bonds. The molecule has 1 aromatic carbocycles. The lowest BCUT2D eigenvalue weighted by atomic mass is 10.2. The Bertz CT molecular complexity index is 375. The van der Waals surface area contributed by atoms with E-state index in [0.717, 1.165) is 0 Å². The molecule has 0 saturated carbocycles. The average Bonchev–Trinajstić information content (AvgIpc) is 2.18. The van der Waals surface area contributed by atoms with Crippen molar-refractivity contribution in [3.8, 4) is 0 Å². The highest BCUT2D eigenvalue weighted by Crippen LogP contribution is 2.41. The average molecular weight is 230 g/mol. The molecule has 0 heterocycles. The van der Waals surface area contributed by atoms with E-state index in [9.17, 15) is 9.36 Å². The van der Waals surface area contributed by atoms with Crippen LogP contribution >= 0.6 is 7.60 Å². The van der Waals surface area contributed by atoms with Crippen LogP contribution < -0.4 is 0 Å². The monoisotopic (exact) mass is 230 g/mol. The number of carbonyl (C=O) groups is 1. The second kappa shape index (κ2) is 5.07. The van der Waals surface area contributed by atoms with Gasteiger partial charge in [0.05, 0.1) is 18.3 Å². The summed E-state index contributed by atoms with van der Waals surface area (Å²) in [6.45, 7) is -0.504. The molecular weight excluding hydrogens is 219 g/mol. The molecule has 1 aromatic rings. The van der Waals surface area contributed by atoms with Gasteiger partial charge in [0, 0.05) is 0 Å². The Morgan fingerprint density at radius 3 is 2.47 bits per heavy atom. The summed E-state index contributed by atoms with van der Waals surface area (Å²) in [5.74, 6) is -0.866. The van der Waals surface area contributed by atoms with Crippen LogP contribution in [0.4, 0.5) is 0 Å². The Kier molecular flexibility index (Phi) is 4.03. The Morgan fingerprint density at radius 2 is 1.93 bits per heavy atom. The largest absolute Gasteiger partial charge is 0.396 e. The molecule has 0 saturated heterocycles. The normalized spacial score (nSPS) is 14.3. The summed E-state index contributed by atoms with van der Waals surface area (Å²) in [5, 5.41) is 8.46. The van der Waals surface area contributed by atoms with Crippen molar-refractivity contribution in [3.05, 3.63) is 35.9 Å². The first-order valence-corrected chi connectivity index (χ1v) is 6.03. The first-order chi connectivity index (χ1) is 7.05. The van der Waals surface area contributed by atoms with E-state index in [0.29, 0.717) is 0 Å². The van der Waals surface area contributed by atoms with Crippen molar-refractivity contribution in [3.63, 3.8) is 0 Å². The molecule has 1 unspecified atom stereocenters. The molecule has 0 bridgehead atoms. The van der Waals surface area contributed by atoms with Gasteiger partial charge in [-0.2, -0.15) is 0 Å². The van der Waals surface area contributed by atoms with E-state index < -0.39 is 26.3 Å². The molecule has 1 atom stereocenters. The Labute approximate surface area is 86.9 Å². The van der Waals surface area contributed by atoms with Crippen LogP contribution in [0.3, 0.4) is 0 Å². The fourth-order valence-corrected chi connectivity index (χ4v) is 1.64. The van der Waals surface area contributed by atoms with E-state index in [2.05, 4.69) is 4.52 Å². The third-order valence-electron chi connectivity index (χ3n) is 1.62. The second-order valence-electron chi connectivity index (χ2n) is 2.83. The van der Waals surface area contributed by atoms with Gasteiger partial charge in [-0.05, 0) is 12.1 Å². The number of hydrogen-bond acceptors (Lipinski definition) is 4. The number of benzene rings is 1. The van der Waals surface area contributed by atoms with E-state index in [1.165, 1.54) is 12.1 Å². The first kappa shape index (κ1) is 11.9. The third kappa shape index (κ3) is 3.83. The van der Waals surface area contributed by atoms with Crippen LogP contribution in [-0.2, 0) is 9.09 Å². The van der Waals surface area contributed by atoms with E-state index in [1.807, 2.05) is 0 Å². The quantitative estimate of drug-likeness (QED) is 0.754. The van der Waals surface area contributed by atoms with Crippen molar-refractivity contribution in [2.45, 2.75) is 0 Å². The van der Waals surface area contributed by atoms with Gasteiger partial charge in [-0.25, -0.2) is 9.36 Å². The fourth-order valence-electron chi connectivity index (χ4n) is 0.929. The van der Waals surface area contributed by atoms with Crippen molar-refractivity contribution >= 4 is 13.6 Å². The molecule has 0 aliphatic carbocycles. The summed E-state index contributed by atoms with van der Waals surface area (Å²) in [4.78, 5) is 20.4. The summed E-state index contributed by atoms with van der Waals surface area (Å²) in [5.41, 5.74) is 0.199. The Balaban J connectivity index is 2.68. The lowest BCUT2D eigenvalue weighted by molar-refractivity contribution is 0.0715. The maximum atomic E-state index is 11.3. The predicted octanol–water partition coefficient (Wildman–Crippen LogP) is 1.02. The van der Waals surface area contributed by atoms with Gasteiger partial charge in [-0.3, -0.25) is 0 Å². The molecule has 0 spiro atoms. The molecule has 5 nitrogen and oxygen atoms in total. The maximum Gasteiger partial charge on any atom is 0.381 e. The number of rotatable bonds is 4. The number of hydrogen-bond donors (Lipinski definition) is 2. The first-order valence-electron chi connectivity index (χ1n) is 4.27. The van der Waals surface area contributed by atoms with Gasteiger partial charge in [-0.1, -0.05) is 18.2 Å². The lowest BCUT2D eigenvalue weighted by Crippen LogP contribution is -2.06. The second-order valence-corrected chi connectivity index (χ2v) is 4.73.